The third kappa shape index (κ3) is 8.45. The van der Waals surface area contributed by atoms with E-state index in [1.807, 2.05) is 0 Å². The molecule has 0 aliphatic heterocycles. The van der Waals surface area contributed by atoms with Crippen LogP contribution in [0.1, 0.15) is 30.5 Å². The Hall–Kier alpha value is -13.6. The van der Waals surface area contributed by atoms with Gasteiger partial charge in [-0.15, -0.1) is 0 Å². The number of para-hydroxylation sites is 8. The SMILES string of the molecule is CC1CC=Cc2c1c1c(ccc3c4ccccc4n(-c4cccc(-c5nc(-c6cccc(-n7c8ccccc8c8cc9c(cc87)c7ccccc7n9-c7ccccc7)c6)nc(-c6cccc(-n7c8ccccc8c8ccc9c%10ccccc%10n(-c%10ccccc%10)c9c87)c6)n5)c4)c31)n2-c1ccccc1. The molecule has 1 unspecified atom stereocenters. The predicted octanol–water partition coefficient (Wildman–Crippen LogP) is 23.8. The zero-order valence-corrected chi connectivity index (χ0v) is 56.1. The van der Waals surface area contributed by atoms with E-state index in [9.17, 15) is 0 Å². The molecule has 0 saturated heterocycles. The zero-order valence-electron chi connectivity index (χ0n) is 56.1. The van der Waals surface area contributed by atoms with Crippen LogP contribution in [-0.2, 0) is 0 Å². The number of rotatable bonds is 9. The van der Waals surface area contributed by atoms with E-state index in [1.54, 1.807) is 0 Å². The van der Waals surface area contributed by atoms with Gasteiger partial charge in [0.15, 0.2) is 17.5 Å². The van der Waals surface area contributed by atoms with Gasteiger partial charge in [0.05, 0.1) is 66.4 Å². The second kappa shape index (κ2) is 22.2. The minimum atomic E-state index is 0.297. The van der Waals surface area contributed by atoms with Gasteiger partial charge in [-0.3, -0.25) is 0 Å². The summed E-state index contributed by atoms with van der Waals surface area (Å²) in [6.07, 6.45) is 5.64. The normalized spacial score (nSPS) is 13.3. The third-order valence-corrected chi connectivity index (χ3v) is 21.8. The highest BCUT2D eigenvalue weighted by Gasteiger charge is 2.29. The Bertz CT molecular complexity index is 7160. The fourth-order valence-electron chi connectivity index (χ4n) is 17.5. The van der Waals surface area contributed by atoms with Crippen molar-refractivity contribution < 1.29 is 0 Å². The summed E-state index contributed by atoms with van der Waals surface area (Å²) in [5.74, 6) is 1.98. The Morgan fingerprint density at radius 3 is 1.04 bits per heavy atom. The van der Waals surface area contributed by atoms with Crippen LogP contribution in [0.25, 0.3) is 194 Å². The average molecular weight is 1320 g/mol. The molecule has 14 aromatic carbocycles. The van der Waals surface area contributed by atoms with Crippen molar-refractivity contribution in [1.82, 2.24) is 42.4 Å². The van der Waals surface area contributed by atoms with Gasteiger partial charge in [0.25, 0.3) is 0 Å². The quantitative estimate of drug-likeness (QED) is 0.145. The fourth-order valence-corrected chi connectivity index (χ4v) is 17.5. The molecule has 0 radical (unpaired) electrons. The van der Waals surface area contributed by atoms with E-state index in [0.29, 0.717) is 23.4 Å². The molecular formula is C94H61N9. The Balaban J connectivity index is 0.771. The molecule has 7 heterocycles. The van der Waals surface area contributed by atoms with Crippen LogP contribution in [0.4, 0.5) is 0 Å². The molecule has 0 N–H and O–H groups in total. The molecule has 0 saturated carbocycles. The first-order valence-corrected chi connectivity index (χ1v) is 35.5. The molecule has 0 amide bonds. The fraction of sp³-hybridized carbons (Fsp3) is 0.0319. The second-order valence-electron chi connectivity index (χ2n) is 27.5. The van der Waals surface area contributed by atoms with Crippen LogP contribution in [0.2, 0.25) is 0 Å². The summed E-state index contributed by atoms with van der Waals surface area (Å²) in [5.41, 5.74) is 24.2. The van der Waals surface area contributed by atoms with Gasteiger partial charge < -0.3 is 27.4 Å². The molecule has 1 aliphatic carbocycles. The van der Waals surface area contributed by atoms with Crippen LogP contribution < -0.4 is 0 Å². The van der Waals surface area contributed by atoms with Crippen molar-refractivity contribution in [3.8, 4) is 68.3 Å². The van der Waals surface area contributed by atoms with E-state index < -0.39 is 0 Å². The van der Waals surface area contributed by atoms with Crippen molar-refractivity contribution in [2.24, 2.45) is 0 Å². The van der Waals surface area contributed by atoms with E-state index >= 15 is 0 Å². The van der Waals surface area contributed by atoms with Crippen molar-refractivity contribution in [3.05, 3.63) is 339 Å². The van der Waals surface area contributed by atoms with Gasteiger partial charge >= 0.3 is 0 Å². The minimum Gasteiger partial charge on any atom is -0.310 e. The van der Waals surface area contributed by atoms with Crippen molar-refractivity contribution in [3.63, 3.8) is 0 Å². The molecule has 482 valence electrons. The van der Waals surface area contributed by atoms with E-state index in [0.717, 1.165) is 101 Å². The van der Waals surface area contributed by atoms with Crippen LogP contribution in [0, 0.1) is 0 Å². The summed E-state index contributed by atoms with van der Waals surface area (Å²) in [4.78, 5) is 16.9. The molecule has 9 nitrogen and oxygen atoms in total. The first-order chi connectivity index (χ1) is 51.0. The van der Waals surface area contributed by atoms with Crippen LogP contribution in [-0.4, -0.2) is 42.4 Å². The highest BCUT2D eigenvalue weighted by Crippen LogP contribution is 2.48. The number of hydrogen-bond donors (Lipinski definition) is 0. The standard InChI is InChI=1S/C94H61N9/c1-58-25-21-48-83-87(58)88-84(99(83)63-31-7-3-8-32-63)52-51-73-68-38-11-19-46-81(68)102(89(73)88)66-36-23-27-60(54-66)93-95-92(59-26-22-35-65(53-59)100-79-44-17-15-42-72(79)77-56-85-76(57-86(77)100)71-41-14-16-43-78(71)98(85)62-29-5-2-6-30-62)96-94(97-93)61-28-24-37-67(55-61)103-82-47-20-13-40-70(82)75-50-49-74-69-39-12-18-45-80(69)101(90(74)91(75)103)64-33-9-4-10-34-64/h2-24,26-58H,25H2,1H3. The molecule has 21 aromatic rings. The average Bonchev–Trinajstić information content (AvgIpc) is 1.56. The number of benzene rings is 14. The van der Waals surface area contributed by atoms with Crippen molar-refractivity contribution >= 4 is 126 Å². The Kier molecular flexibility index (Phi) is 12.3. The third-order valence-electron chi connectivity index (χ3n) is 21.8. The molecule has 22 rings (SSSR count). The van der Waals surface area contributed by atoms with Crippen molar-refractivity contribution in [1.29, 1.82) is 0 Å². The first-order valence-electron chi connectivity index (χ1n) is 35.5. The van der Waals surface area contributed by atoms with Gasteiger partial charge in [-0.25, -0.2) is 15.0 Å². The Morgan fingerprint density at radius 1 is 0.252 bits per heavy atom. The summed E-state index contributed by atoms with van der Waals surface area (Å²) >= 11 is 0. The van der Waals surface area contributed by atoms with Gasteiger partial charge in [0, 0.05) is 110 Å². The van der Waals surface area contributed by atoms with Gasteiger partial charge in [-0.2, -0.15) is 0 Å². The van der Waals surface area contributed by atoms with Crippen molar-refractivity contribution in [2.75, 3.05) is 0 Å². The molecule has 7 aromatic heterocycles. The second-order valence-corrected chi connectivity index (χ2v) is 27.5. The Morgan fingerprint density at radius 2 is 0.583 bits per heavy atom. The number of fused-ring (bicyclic) bond motifs is 20. The van der Waals surface area contributed by atoms with Gasteiger partial charge in [-0.1, -0.05) is 213 Å². The van der Waals surface area contributed by atoms with Crippen LogP contribution in [0.15, 0.2) is 328 Å². The maximum Gasteiger partial charge on any atom is 0.164 e. The monoisotopic (exact) mass is 1320 g/mol. The molecule has 9 heteroatoms. The lowest BCUT2D eigenvalue weighted by Crippen LogP contribution is -2.03. The number of allylic oxidation sites excluding steroid dienone is 1. The molecule has 0 bridgehead atoms. The summed E-state index contributed by atoms with van der Waals surface area (Å²) in [6, 6.07) is 117. The maximum atomic E-state index is 5.65. The number of aromatic nitrogens is 9. The molecule has 0 spiro atoms. The van der Waals surface area contributed by atoms with E-state index in [4.69, 9.17) is 15.0 Å². The highest BCUT2D eigenvalue weighted by molar-refractivity contribution is 6.25. The van der Waals surface area contributed by atoms with Crippen LogP contribution >= 0.6 is 0 Å². The lowest BCUT2D eigenvalue weighted by Gasteiger charge is -2.17. The lowest BCUT2D eigenvalue weighted by molar-refractivity contribution is 0.773. The van der Waals surface area contributed by atoms with E-state index in [-0.39, 0.29) is 0 Å². The first kappa shape index (κ1) is 57.3. The van der Waals surface area contributed by atoms with Crippen LogP contribution in [0.3, 0.4) is 0 Å². The van der Waals surface area contributed by atoms with Crippen molar-refractivity contribution in [2.45, 2.75) is 19.3 Å². The number of nitrogens with zero attached hydrogens (tertiary/aromatic N) is 9. The zero-order chi connectivity index (χ0) is 67.5. The summed E-state index contributed by atoms with van der Waals surface area (Å²) in [6.45, 7) is 2.38. The molecule has 103 heavy (non-hydrogen) atoms. The highest BCUT2D eigenvalue weighted by atomic mass is 15.1. The Labute approximate surface area is 591 Å². The van der Waals surface area contributed by atoms with Gasteiger partial charge in [0.1, 0.15) is 0 Å². The topological polar surface area (TPSA) is 68.2 Å². The van der Waals surface area contributed by atoms with E-state index in [1.165, 1.54) is 87.1 Å². The number of hydrogen-bond acceptors (Lipinski definition) is 3. The van der Waals surface area contributed by atoms with Gasteiger partial charge in [-0.05, 0) is 145 Å². The smallest absolute Gasteiger partial charge is 0.164 e. The van der Waals surface area contributed by atoms with Gasteiger partial charge in [0.2, 0.25) is 0 Å². The molecule has 0 fully saturated rings. The molecule has 1 aliphatic rings. The summed E-state index contributed by atoms with van der Waals surface area (Å²) < 4.78 is 14.7. The molecule has 1 atom stereocenters. The maximum absolute atomic E-state index is 5.65. The summed E-state index contributed by atoms with van der Waals surface area (Å²) in [5, 5.41) is 13.2. The lowest BCUT2D eigenvalue weighted by atomic mass is 9.90. The largest absolute Gasteiger partial charge is 0.310 e. The minimum absolute atomic E-state index is 0.297. The van der Waals surface area contributed by atoms with E-state index in [2.05, 4.69) is 368 Å². The predicted molar refractivity (Wildman–Crippen MR) is 427 cm³/mol. The van der Waals surface area contributed by atoms with Crippen LogP contribution in [0.5, 0.6) is 0 Å². The summed E-state index contributed by atoms with van der Waals surface area (Å²) in [7, 11) is 0. The molecular weight excluding hydrogens is 1260 g/mol.